The molecule has 0 saturated heterocycles. The summed E-state index contributed by atoms with van der Waals surface area (Å²) in [7, 11) is 0. The number of nitrogens with one attached hydrogen (secondary N) is 1. The van der Waals surface area contributed by atoms with Crippen LogP contribution in [-0.2, 0) is 0 Å². The van der Waals surface area contributed by atoms with E-state index in [4.69, 9.17) is 5.73 Å². The topological polar surface area (TPSA) is 64.3 Å². The third-order valence-electron chi connectivity index (χ3n) is 2.61. The van der Waals surface area contributed by atoms with Gasteiger partial charge in [-0.25, -0.2) is 4.39 Å². The number of nitrogens with two attached hydrogens (primary N) is 1. The van der Waals surface area contributed by atoms with Crippen molar-refractivity contribution >= 4 is 17.3 Å². The van der Waals surface area contributed by atoms with Gasteiger partial charge in [0.1, 0.15) is 11.6 Å². The van der Waals surface area contributed by atoms with Crippen molar-refractivity contribution in [2.75, 3.05) is 11.1 Å². The van der Waals surface area contributed by atoms with Gasteiger partial charge in [-0.05, 0) is 30.3 Å². The molecule has 3 N–H and O–H groups in total. The molecule has 0 bridgehead atoms. The number of nitrogen functional groups attached to an aromatic ring is 1. The Kier molecular flexibility index (Phi) is 4.32. The highest BCUT2D eigenvalue weighted by Gasteiger charge is 2.16. The minimum atomic E-state index is -3.05. The fourth-order valence-corrected chi connectivity index (χ4v) is 1.69. The van der Waals surface area contributed by atoms with Gasteiger partial charge in [-0.2, -0.15) is 8.78 Å². The lowest BCUT2D eigenvalue weighted by Crippen LogP contribution is -2.15. The standard InChI is InChI=1S/C14H11F3N2O2/c15-8-5-6-11(10(18)7-8)19-13(20)9-3-1-2-4-12(9)21-14(16)17/h1-7,14H,18H2,(H,19,20). The van der Waals surface area contributed by atoms with Crippen molar-refractivity contribution in [1.82, 2.24) is 0 Å². The van der Waals surface area contributed by atoms with E-state index in [-0.39, 0.29) is 22.7 Å². The Balaban J connectivity index is 2.24. The van der Waals surface area contributed by atoms with Crippen molar-refractivity contribution in [2.45, 2.75) is 6.61 Å². The lowest BCUT2D eigenvalue weighted by atomic mass is 10.1. The molecule has 1 amide bonds. The second-order valence-corrected chi connectivity index (χ2v) is 4.06. The van der Waals surface area contributed by atoms with Gasteiger partial charge in [0.15, 0.2) is 0 Å². The molecule has 0 radical (unpaired) electrons. The second-order valence-electron chi connectivity index (χ2n) is 4.06. The van der Waals surface area contributed by atoms with Crippen molar-refractivity contribution in [3.8, 4) is 5.75 Å². The first-order chi connectivity index (χ1) is 9.97. The molecule has 0 fully saturated rings. The zero-order chi connectivity index (χ0) is 15.4. The van der Waals surface area contributed by atoms with Crippen molar-refractivity contribution < 1.29 is 22.7 Å². The van der Waals surface area contributed by atoms with Crippen LogP contribution in [0.15, 0.2) is 42.5 Å². The molecule has 2 aromatic carbocycles. The van der Waals surface area contributed by atoms with E-state index < -0.39 is 18.3 Å². The van der Waals surface area contributed by atoms with Crippen LogP contribution in [0.4, 0.5) is 24.5 Å². The van der Waals surface area contributed by atoms with E-state index in [2.05, 4.69) is 10.1 Å². The summed E-state index contributed by atoms with van der Waals surface area (Å²) in [6.07, 6.45) is 0. The van der Waals surface area contributed by atoms with Crippen molar-refractivity contribution in [1.29, 1.82) is 0 Å². The van der Waals surface area contributed by atoms with Crippen LogP contribution in [0.3, 0.4) is 0 Å². The van der Waals surface area contributed by atoms with Gasteiger partial charge in [0.25, 0.3) is 5.91 Å². The molecule has 7 heteroatoms. The summed E-state index contributed by atoms with van der Waals surface area (Å²) in [5, 5.41) is 2.41. The van der Waals surface area contributed by atoms with E-state index in [1.54, 1.807) is 0 Å². The highest BCUT2D eigenvalue weighted by atomic mass is 19.3. The van der Waals surface area contributed by atoms with Gasteiger partial charge in [-0.15, -0.1) is 0 Å². The van der Waals surface area contributed by atoms with E-state index in [1.807, 2.05) is 0 Å². The van der Waals surface area contributed by atoms with Crippen LogP contribution in [0, 0.1) is 5.82 Å². The van der Waals surface area contributed by atoms with E-state index in [9.17, 15) is 18.0 Å². The van der Waals surface area contributed by atoms with Crippen LogP contribution in [0.1, 0.15) is 10.4 Å². The summed E-state index contributed by atoms with van der Waals surface area (Å²) < 4.78 is 41.8. The van der Waals surface area contributed by atoms with E-state index in [0.717, 1.165) is 12.1 Å². The molecule has 0 spiro atoms. The van der Waals surface area contributed by atoms with Crippen LogP contribution >= 0.6 is 0 Å². The molecular weight excluding hydrogens is 285 g/mol. The Labute approximate surface area is 118 Å². The minimum absolute atomic E-state index is 0.0237. The number of rotatable bonds is 4. The van der Waals surface area contributed by atoms with Crippen molar-refractivity contribution in [2.24, 2.45) is 0 Å². The fourth-order valence-electron chi connectivity index (χ4n) is 1.69. The molecular formula is C14H11F3N2O2. The van der Waals surface area contributed by atoms with Gasteiger partial charge in [-0.3, -0.25) is 4.79 Å². The summed E-state index contributed by atoms with van der Waals surface area (Å²) in [6.45, 7) is -3.05. The molecule has 0 heterocycles. The number of carbonyl (C=O) groups is 1. The van der Waals surface area contributed by atoms with E-state index in [0.29, 0.717) is 0 Å². The number of hydrogen-bond donors (Lipinski definition) is 2. The first kappa shape index (κ1) is 14.7. The molecule has 4 nitrogen and oxygen atoms in total. The maximum Gasteiger partial charge on any atom is 0.387 e. The van der Waals surface area contributed by atoms with Crippen LogP contribution in [0.25, 0.3) is 0 Å². The molecule has 110 valence electrons. The molecule has 0 saturated carbocycles. The molecule has 2 rings (SSSR count). The zero-order valence-electron chi connectivity index (χ0n) is 10.6. The highest BCUT2D eigenvalue weighted by molar-refractivity contribution is 6.07. The minimum Gasteiger partial charge on any atom is -0.434 e. The summed E-state index contributed by atoms with van der Waals surface area (Å²) in [4.78, 5) is 12.1. The van der Waals surface area contributed by atoms with Crippen LogP contribution < -0.4 is 15.8 Å². The number of amides is 1. The third kappa shape index (κ3) is 3.65. The van der Waals surface area contributed by atoms with Gasteiger partial charge >= 0.3 is 6.61 Å². The molecule has 0 unspecified atom stereocenters. The SMILES string of the molecule is Nc1cc(F)ccc1NC(=O)c1ccccc1OC(F)F. The number of anilines is 2. The van der Waals surface area contributed by atoms with Crippen LogP contribution in [-0.4, -0.2) is 12.5 Å². The monoisotopic (exact) mass is 296 g/mol. The summed E-state index contributed by atoms with van der Waals surface area (Å²) >= 11 is 0. The number of benzene rings is 2. The molecule has 0 atom stereocenters. The largest absolute Gasteiger partial charge is 0.434 e. The predicted octanol–water partition coefficient (Wildman–Crippen LogP) is 3.26. The average molecular weight is 296 g/mol. The van der Waals surface area contributed by atoms with Gasteiger partial charge in [0, 0.05) is 0 Å². The van der Waals surface area contributed by atoms with Gasteiger partial charge in [-0.1, -0.05) is 12.1 Å². The number of ether oxygens (including phenoxy) is 1. The van der Waals surface area contributed by atoms with Gasteiger partial charge in [0.2, 0.25) is 0 Å². The Hall–Kier alpha value is -2.70. The number of carbonyl (C=O) groups excluding carboxylic acids is 1. The Bertz CT molecular complexity index is 662. The van der Waals surface area contributed by atoms with Crippen LogP contribution in [0.2, 0.25) is 0 Å². The average Bonchev–Trinajstić information content (AvgIpc) is 2.42. The van der Waals surface area contributed by atoms with E-state index in [1.165, 1.54) is 30.3 Å². The molecule has 0 aliphatic rings. The number of halogens is 3. The number of alkyl halides is 2. The normalized spacial score (nSPS) is 10.5. The quantitative estimate of drug-likeness (QED) is 0.851. The molecule has 0 aliphatic carbocycles. The molecule has 0 aromatic heterocycles. The maximum atomic E-state index is 12.9. The van der Waals surface area contributed by atoms with Crippen molar-refractivity contribution in [3.63, 3.8) is 0 Å². The summed E-state index contributed by atoms with van der Waals surface area (Å²) in [5.74, 6) is -1.50. The lowest BCUT2D eigenvalue weighted by molar-refractivity contribution is -0.0501. The predicted molar refractivity (Wildman–Crippen MR) is 71.8 cm³/mol. The third-order valence-corrected chi connectivity index (χ3v) is 2.61. The van der Waals surface area contributed by atoms with Crippen molar-refractivity contribution in [3.05, 3.63) is 53.8 Å². The summed E-state index contributed by atoms with van der Waals surface area (Å²) in [6, 6.07) is 8.97. The van der Waals surface area contributed by atoms with Crippen LogP contribution in [0.5, 0.6) is 5.75 Å². The number of para-hydroxylation sites is 1. The molecule has 21 heavy (non-hydrogen) atoms. The van der Waals surface area contributed by atoms with E-state index >= 15 is 0 Å². The number of hydrogen-bond acceptors (Lipinski definition) is 3. The Morgan fingerprint density at radius 2 is 1.90 bits per heavy atom. The second kappa shape index (κ2) is 6.17. The fraction of sp³-hybridized carbons (Fsp3) is 0.0714. The maximum absolute atomic E-state index is 12.9. The lowest BCUT2D eigenvalue weighted by Gasteiger charge is -2.12. The summed E-state index contributed by atoms with van der Waals surface area (Å²) in [5.41, 5.74) is 5.68. The first-order valence-electron chi connectivity index (χ1n) is 5.87. The first-order valence-corrected chi connectivity index (χ1v) is 5.87. The van der Waals surface area contributed by atoms with Gasteiger partial charge in [0.05, 0.1) is 16.9 Å². The Morgan fingerprint density at radius 1 is 1.19 bits per heavy atom. The van der Waals surface area contributed by atoms with Gasteiger partial charge < -0.3 is 15.8 Å². The smallest absolute Gasteiger partial charge is 0.387 e. The highest BCUT2D eigenvalue weighted by Crippen LogP contribution is 2.24. The zero-order valence-corrected chi connectivity index (χ0v) is 10.6. The Morgan fingerprint density at radius 3 is 2.57 bits per heavy atom. The molecule has 2 aromatic rings. The molecule has 0 aliphatic heterocycles.